The van der Waals surface area contributed by atoms with Gasteiger partial charge in [-0.05, 0) is 13.2 Å². The van der Waals surface area contributed by atoms with Gasteiger partial charge in [0.1, 0.15) is 5.82 Å². The number of anilines is 1. The van der Waals surface area contributed by atoms with Gasteiger partial charge in [0, 0.05) is 51.8 Å². The molecule has 0 unspecified atom stereocenters. The van der Waals surface area contributed by atoms with Crippen molar-refractivity contribution in [1.29, 1.82) is 0 Å². The number of hydrogen-bond donors (Lipinski definition) is 1. The first kappa shape index (κ1) is 18.5. The van der Waals surface area contributed by atoms with Crippen LogP contribution in [-0.2, 0) is 31.3 Å². The highest BCUT2D eigenvalue weighted by Crippen LogP contribution is 2.27. The summed E-state index contributed by atoms with van der Waals surface area (Å²) in [4.78, 5) is 24.6. The van der Waals surface area contributed by atoms with Gasteiger partial charge in [0.2, 0.25) is 0 Å². The van der Waals surface area contributed by atoms with Gasteiger partial charge in [-0.2, -0.15) is 5.10 Å². The van der Waals surface area contributed by atoms with Gasteiger partial charge in [0.25, 0.3) is 5.56 Å². The van der Waals surface area contributed by atoms with Crippen LogP contribution < -0.4 is 10.5 Å². The molecular formula is C18H26N6O2S. The predicted octanol–water partition coefficient (Wildman–Crippen LogP) is 0.929. The van der Waals surface area contributed by atoms with E-state index in [9.17, 15) is 4.79 Å². The molecule has 0 bridgehead atoms. The highest BCUT2D eigenvalue weighted by molar-refractivity contribution is 7.98. The molecule has 0 spiro atoms. The second-order valence-corrected chi connectivity index (χ2v) is 7.87. The van der Waals surface area contributed by atoms with Crippen molar-refractivity contribution in [1.82, 2.24) is 24.6 Å². The molecule has 0 atom stereocenters. The van der Waals surface area contributed by atoms with Crippen LogP contribution in [0.5, 0.6) is 0 Å². The number of hydrogen-bond acceptors (Lipinski definition) is 7. The van der Waals surface area contributed by atoms with Crippen LogP contribution >= 0.6 is 11.8 Å². The van der Waals surface area contributed by atoms with Gasteiger partial charge in [-0.15, -0.1) is 0 Å². The number of nitrogens with one attached hydrogen (secondary N) is 1. The maximum absolute atomic E-state index is 12.5. The van der Waals surface area contributed by atoms with Gasteiger partial charge in [-0.1, -0.05) is 11.8 Å². The van der Waals surface area contributed by atoms with Crippen molar-refractivity contribution < 1.29 is 4.74 Å². The Morgan fingerprint density at radius 1 is 1.26 bits per heavy atom. The van der Waals surface area contributed by atoms with Crippen molar-refractivity contribution >= 4 is 17.6 Å². The summed E-state index contributed by atoms with van der Waals surface area (Å²) in [5.74, 6) is 1.17. The molecular weight excluding hydrogens is 364 g/mol. The third kappa shape index (κ3) is 3.63. The monoisotopic (exact) mass is 390 g/mol. The zero-order valence-corrected chi connectivity index (χ0v) is 16.9. The lowest BCUT2D eigenvalue weighted by molar-refractivity contribution is 0.122. The van der Waals surface area contributed by atoms with Crippen LogP contribution in [0.25, 0.3) is 0 Å². The Hall–Kier alpha value is -1.84. The molecule has 1 N–H and O–H groups in total. The molecule has 2 aromatic heterocycles. The molecule has 4 rings (SSSR count). The highest BCUT2D eigenvalue weighted by Gasteiger charge is 2.26. The average Bonchev–Trinajstić information content (AvgIpc) is 2.95. The number of aryl methyl sites for hydroxylation is 2. The van der Waals surface area contributed by atoms with Crippen LogP contribution in [0.3, 0.4) is 0 Å². The molecule has 1 fully saturated rings. The van der Waals surface area contributed by atoms with Crippen molar-refractivity contribution in [3.63, 3.8) is 0 Å². The summed E-state index contributed by atoms with van der Waals surface area (Å²) in [6, 6.07) is 0. The molecule has 2 aromatic rings. The zero-order valence-electron chi connectivity index (χ0n) is 16.1. The Labute approximate surface area is 162 Å². The van der Waals surface area contributed by atoms with E-state index in [0.717, 1.165) is 62.8 Å². The predicted molar refractivity (Wildman–Crippen MR) is 105 cm³/mol. The Morgan fingerprint density at radius 3 is 2.78 bits per heavy atom. The Balaban J connectivity index is 1.58. The van der Waals surface area contributed by atoms with Crippen LogP contribution in [0.2, 0.25) is 0 Å². The lowest BCUT2D eigenvalue weighted by atomic mass is 10.1. The number of ether oxygens (including phenoxy) is 1. The normalized spacial score (nSPS) is 18.0. The quantitative estimate of drug-likeness (QED) is 0.614. The number of thioether (sulfide) groups is 1. The number of aromatic amines is 1. The van der Waals surface area contributed by atoms with E-state index in [2.05, 4.69) is 31.8 Å². The fourth-order valence-electron chi connectivity index (χ4n) is 3.96. The smallest absolute Gasteiger partial charge is 0.256 e. The van der Waals surface area contributed by atoms with E-state index >= 15 is 0 Å². The molecule has 8 nitrogen and oxygen atoms in total. The summed E-state index contributed by atoms with van der Waals surface area (Å²) < 4.78 is 7.48. The van der Waals surface area contributed by atoms with Gasteiger partial charge < -0.3 is 14.6 Å². The topological polar surface area (TPSA) is 79.3 Å². The number of morpholine rings is 1. The third-order valence-electron chi connectivity index (χ3n) is 5.32. The summed E-state index contributed by atoms with van der Waals surface area (Å²) in [6.45, 7) is 7.65. The fourth-order valence-corrected chi connectivity index (χ4v) is 4.36. The van der Waals surface area contributed by atoms with E-state index in [1.807, 2.05) is 18.0 Å². The summed E-state index contributed by atoms with van der Waals surface area (Å²) in [6.07, 6.45) is 2.73. The molecule has 2 aliphatic heterocycles. The maximum Gasteiger partial charge on any atom is 0.256 e. The summed E-state index contributed by atoms with van der Waals surface area (Å²) in [5, 5.41) is 5.36. The molecule has 4 heterocycles. The Kier molecular flexibility index (Phi) is 5.25. The molecule has 1 saturated heterocycles. The molecule has 0 saturated carbocycles. The zero-order chi connectivity index (χ0) is 19.0. The van der Waals surface area contributed by atoms with Gasteiger partial charge in [0.05, 0.1) is 30.2 Å². The number of fused-ring (bicyclic) bond motifs is 1. The average molecular weight is 391 g/mol. The molecule has 0 amide bonds. The van der Waals surface area contributed by atoms with E-state index in [1.165, 1.54) is 23.1 Å². The second-order valence-electron chi connectivity index (χ2n) is 7.07. The lowest BCUT2D eigenvalue weighted by Crippen LogP contribution is -2.39. The summed E-state index contributed by atoms with van der Waals surface area (Å²) >= 11 is 1.47. The first-order valence-corrected chi connectivity index (χ1v) is 10.5. The molecule has 146 valence electrons. The molecule has 0 aromatic carbocycles. The molecule has 0 radical (unpaired) electrons. The van der Waals surface area contributed by atoms with Crippen LogP contribution in [0.15, 0.2) is 9.95 Å². The summed E-state index contributed by atoms with van der Waals surface area (Å²) in [5.41, 5.74) is 4.03. The van der Waals surface area contributed by atoms with Crippen LogP contribution in [0, 0.1) is 6.92 Å². The molecule has 27 heavy (non-hydrogen) atoms. The van der Waals surface area contributed by atoms with Gasteiger partial charge in [0.15, 0.2) is 5.16 Å². The standard InChI is InChI=1S/C18H26N6O2S/c1-12-13(17(22(2)21-12)24-6-8-26-9-7-24)10-23-5-4-15-14(11-23)16(25)20-18(19-15)27-3/h4-11H2,1-3H3,(H,19,20,25). The van der Waals surface area contributed by atoms with E-state index in [-0.39, 0.29) is 5.56 Å². The van der Waals surface area contributed by atoms with Crippen LogP contribution in [-0.4, -0.2) is 63.8 Å². The van der Waals surface area contributed by atoms with Crippen LogP contribution in [0.4, 0.5) is 5.82 Å². The number of H-pyrrole nitrogens is 1. The minimum absolute atomic E-state index is 0.00892. The van der Waals surface area contributed by atoms with E-state index in [0.29, 0.717) is 11.7 Å². The number of rotatable bonds is 4. The van der Waals surface area contributed by atoms with E-state index in [4.69, 9.17) is 4.74 Å². The van der Waals surface area contributed by atoms with E-state index < -0.39 is 0 Å². The largest absolute Gasteiger partial charge is 0.378 e. The minimum atomic E-state index is -0.00892. The van der Waals surface area contributed by atoms with Crippen molar-refractivity contribution in [2.75, 3.05) is 44.0 Å². The molecule has 0 aliphatic carbocycles. The van der Waals surface area contributed by atoms with Crippen molar-refractivity contribution in [2.45, 2.75) is 31.6 Å². The highest BCUT2D eigenvalue weighted by atomic mass is 32.2. The first-order chi connectivity index (χ1) is 13.1. The van der Waals surface area contributed by atoms with Crippen molar-refractivity contribution in [3.05, 3.63) is 32.9 Å². The number of nitrogens with zero attached hydrogens (tertiary/aromatic N) is 5. The maximum atomic E-state index is 12.5. The summed E-state index contributed by atoms with van der Waals surface area (Å²) in [7, 11) is 2.01. The number of aromatic nitrogens is 4. The van der Waals surface area contributed by atoms with Gasteiger partial charge in [-0.3, -0.25) is 14.4 Å². The molecule has 9 heteroatoms. The Bertz CT molecular complexity index is 887. The Morgan fingerprint density at radius 2 is 2.04 bits per heavy atom. The first-order valence-electron chi connectivity index (χ1n) is 9.30. The fraction of sp³-hybridized carbons (Fsp3) is 0.611. The van der Waals surface area contributed by atoms with Gasteiger partial charge in [-0.25, -0.2) is 4.98 Å². The molecule has 2 aliphatic rings. The van der Waals surface area contributed by atoms with Crippen molar-refractivity contribution in [2.24, 2.45) is 7.05 Å². The van der Waals surface area contributed by atoms with Crippen LogP contribution in [0.1, 0.15) is 22.5 Å². The van der Waals surface area contributed by atoms with Crippen molar-refractivity contribution in [3.8, 4) is 0 Å². The van der Waals surface area contributed by atoms with Gasteiger partial charge >= 0.3 is 0 Å². The minimum Gasteiger partial charge on any atom is -0.378 e. The lowest BCUT2D eigenvalue weighted by Gasteiger charge is -2.32. The SMILES string of the molecule is CSc1nc2c(c(=O)[nH]1)CN(Cc1c(C)nn(C)c1N1CCOCC1)CC2. The van der Waals surface area contributed by atoms with E-state index in [1.54, 1.807) is 0 Å². The second kappa shape index (κ2) is 7.65. The third-order valence-corrected chi connectivity index (χ3v) is 5.90.